The van der Waals surface area contributed by atoms with Crippen molar-refractivity contribution in [2.24, 2.45) is 0 Å². The zero-order valence-electron chi connectivity index (χ0n) is 10.5. The van der Waals surface area contributed by atoms with Crippen LogP contribution in [-0.2, 0) is 14.3 Å². The largest absolute Gasteiger partial charge is 0.461 e. The lowest BCUT2D eigenvalue weighted by Gasteiger charge is -2.03. The number of esters is 1. The second-order valence-corrected chi connectivity index (χ2v) is 4.30. The molecule has 0 atom stereocenters. The highest BCUT2D eigenvalue weighted by atomic mass is 32.2. The van der Waals surface area contributed by atoms with Crippen molar-refractivity contribution in [3.8, 4) is 0 Å². The van der Waals surface area contributed by atoms with E-state index in [0.29, 0.717) is 5.16 Å². The maximum absolute atomic E-state index is 11.3. The number of hydrazine groups is 1. The average Bonchev–Trinajstić information content (AvgIpc) is 2.83. The summed E-state index contributed by atoms with van der Waals surface area (Å²) >= 11 is 1.10. The summed E-state index contributed by atoms with van der Waals surface area (Å²) in [4.78, 5) is 39.8. The molecule has 1 rings (SSSR count). The first-order valence-corrected chi connectivity index (χ1v) is 6.41. The third-order valence-electron chi connectivity index (χ3n) is 1.77. The van der Waals surface area contributed by atoms with Crippen molar-refractivity contribution in [2.75, 3.05) is 12.4 Å². The summed E-state index contributed by atoms with van der Waals surface area (Å²) in [7, 11) is 0. The molecule has 3 N–H and O–H groups in total. The van der Waals surface area contributed by atoms with Crippen LogP contribution in [0.4, 0.5) is 0 Å². The highest BCUT2D eigenvalue weighted by Crippen LogP contribution is 2.13. The number of aromatic nitrogens is 2. The van der Waals surface area contributed by atoms with Crippen LogP contribution in [0.3, 0.4) is 0 Å². The molecule has 0 aliphatic carbocycles. The molecule has 0 saturated heterocycles. The quantitative estimate of drug-likeness (QED) is 0.394. The zero-order valence-corrected chi connectivity index (χ0v) is 11.3. The number of nitrogens with zero attached hydrogens (tertiary/aromatic N) is 1. The minimum absolute atomic E-state index is 0.0516. The molecule has 1 heterocycles. The molecular weight excluding hydrogens is 272 g/mol. The lowest BCUT2D eigenvalue weighted by molar-refractivity contribution is -0.126. The predicted octanol–water partition coefficient (Wildman–Crippen LogP) is -0.154. The lowest BCUT2D eigenvalue weighted by atomic mass is 10.5. The number of aromatic amines is 1. The molecule has 0 aliphatic rings. The van der Waals surface area contributed by atoms with E-state index >= 15 is 0 Å². The van der Waals surface area contributed by atoms with Crippen molar-refractivity contribution < 1.29 is 19.1 Å². The van der Waals surface area contributed by atoms with E-state index in [0.717, 1.165) is 11.8 Å². The first-order chi connectivity index (χ1) is 9.02. The Bertz CT molecular complexity index is 474. The van der Waals surface area contributed by atoms with Gasteiger partial charge in [0.25, 0.3) is 0 Å². The van der Waals surface area contributed by atoms with E-state index in [-0.39, 0.29) is 29.9 Å². The van der Waals surface area contributed by atoms with Crippen molar-refractivity contribution in [3.05, 3.63) is 11.9 Å². The molecule has 0 spiro atoms. The summed E-state index contributed by atoms with van der Waals surface area (Å²) in [6.07, 6.45) is 1.34. The van der Waals surface area contributed by atoms with E-state index in [1.54, 1.807) is 6.92 Å². The Hall–Kier alpha value is -2.03. The molecule has 0 fully saturated rings. The van der Waals surface area contributed by atoms with Crippen LogP contribution < -0.4 is 10.9 Å². The van der Waals surface area contributed by atoms with Crippen molar-refractivity contribution in [1.82, 2.24) is 20.8 Å². The van der Waals surface area contributed by atoms with E-state index < -0.39 is 5.97 Å². The number of hydrogen-bond donors (Lipinski definition) is 3. The molecule has 9 heteroatoms. The molecule has 104 valence electrons. The summed E-state index contributed by atoms with van der Waals surface area (Å²) in [6.45, 7) is 3.27. The Balaban J connectivity index is 2.39. The SMILES string of the molecule is CCOC(=O)c1cnc(SCC(=O)NNC(C)=O)[nH]1. The highest BCUT2D eigenvalue weighted by Gasteiger charge is 2.11. The lowest BCUT2D eigenvalue weighted by Crippen LogP contribution is -2.41. The van der Waals surface area contributed by atoms with Crippen LogP contribution >= 0.6 is 11.8 Å². The third kappa shape index (κ3) is 5.42. The van der Waals surface area contributed by atoms with E-state index in [2.05, 4.69) is 20.8 Å². The van der Waals surface area contributed by atoms with Crippen LogP contribution in [0.2, 0.25) is 0 Å². The molecule has 0 unspecified atom stereocenters. The summed E-state index contributed by atoms with van der Waals surface area (Å²) in [5.41, 5.74) is 4.60. The summed E-state index contributed by atoms with van der Waals surface area (Å²) in [5, 5.41) is 0.418. The number of thioether (sulfide) groups is 1. The minimum atomic E-state index is -0.496. The smallest absolute Gasteiger partial charge is 0.356 e. The molecule has 2 amide bonds. The first-order valence-electron chi connectivity index (χ1n) is 5.43. The van der Waals surface area contributed by atoms with Crippen LogP contribution in [-0.4, -0.2) is 40.1 Å². The Labute approximate surface area is 113 Å². The van der Waals surface area contributed by atoms with Gasteiger partial charge in [-0.3, -0.25) is 20.4 Å². The Morgan fingerprint density at radius 2 is 2.16 bits per heavy atom. The number of H-pyrrole nitrogens is 1. The van der Waals surface area contributed by atoms with Gasteiger partial charge in [0.15, 0.2) is 5.16 Å². The number of carbonyl (C=O) groups excluding carboxylic acids is 3. The number of amides is 2. The Kier molecular flexibility index (Phi) is 5.86. The molecule has 0 radical (unpaired) electrons. The first kappa shape index (κ1) is 15.0. The number of nitrogens with one attached hydrogen (secondary N) is 3. The van der Waals surface area contributed by atoms with Crippen LogP contribution in [0.15, 0.2) is 11.4 Å². The van der Waals surface area contributed by atoms with Gasteiger partial charge in [0, 0.05) is 6.92 Å². The van der Waals surface area contributed by atoms with E-state index in [1.807, 2.05) is 0 Å². The Morgan fingerprint density at radius 1 is 1.42 bits per heavy atom. The van der Waals surface area contributed by atoms with Gasteiger partial charge in [-0.05, 0) is 6.92 Å². The number of rotatable bonds is 5. The standard InChI is InChI=1S/C10H14N4O4S/c1-3-18-9(17)7-4-11-10(12-7)19-5-8(16)14-13-6(2)15/h4H,3,5H2,1-2H3,(H,11,12)(H,13,15)(H,14,16). The normalized spacial score (nSPS) is 9.79. The van der Waals surface area contributed by atoms with E-state index in [4.69, 9.17) is 4.74 Å². The van der Waals surface area contributed by atoms with Gasteiger partial charge in [-0.15, -0.1) is 0 Å². The maximum Gasteiger partial charge on any atom is 0.356 e. The number of ether oxygens (including phenoxy) is 1. The van der Waals surface area contributed by atoms with Crippen molar-refractivity contribution in [1.29, 1.82) is 0 Å². The summed E-state index contributed by atoms with van der Waals surface area (Å²) < 4.78 is 4.79. The molecule has 0 aliphatic heterocycles. The fourth-order valence-electron chi connectivity index (χ4n) is 1.02. The van der Waals surface area contributed by atoms with E-state index in [1.165, 1.54) is 13.1 Å². The van der Waals surface area contributed by atoms with Crippen LogP contribution in [0, 0.1) is 0 Å². The molecular formula is C10H14N4O4S. The molecule has 1 aromatic heterocycles. The highest BCUT2D eigenvalue weighted by molar-refractivity contribution is 7.99. The minimum Gasteiger partial charge on any atom is -0.461 e. The molecule has 0 bridgehead atoms. The van der Waals surface area contributed by atoms with Gasteiger partial charge in [0.2, 0.25) is 11.8 Å². The third-order valence-corrected chi connectivity index (χ3v) is 2.65. The van der Waals surface area contributed by atoms with Gasteiger partial charge in [-0.25, -0.2) is 9.78 Å². The van der Waals surface area contributed by atoms with Crippen LogP contribution in [0.1, 0.15) is 24.3 Å². The topological polar surface area (TPSA) is 113 Å². The second-order valence-electron chi connectivity index (χ2n) is 3.34. The second kappa shape index (κ2) is 7.41. The van der Waals surface area contributed by atoms with Gasteiger partial charge >= 0.3 is 5.97 Å². The van der Waals surface area contributed by atoms with Crippen molar-refractivity contribution in [3.63, 3.8) is 0 Å². The van der Waals surface area contributed by atoms with Gasteiger partial charge in [-0.2, -0.15) is 0 Å². The zero-order chi connectivity index (χ0) is 14.3. The van der Waals surface area contributed by atoms with Gasteiger partial charge in [0.1, 0.15) is 5.69 Å². The molecule has 0 aromatic carbocycles. The fourth-order valence-corrected chi connectivity index (χ4v) is 1.67. The number of hydrogen-bond acceptors (Lipinski definition) is 6. The van der Waals surface area contributed by atoms with E-state index in [9.17, 15) is 14.4 Å². The van der Waals surface area contributed by atoms with Crippen molar-refractivity contribution >= 4 is 29.5 Å². The molecule has 1 aromatic rings. The molecule has 8 nitrogen and oxygen atoms in total. The monoisotopic (exact) mass is 286 g/mol. The number of imidazole rings is 1. The van der Waals surface area contributed by atoms with Crippen LogP contribution in [0.5, 0.6) is 0 Å². The van der Waals surface area contributed by atoms with Gasteiger partial charge < -0.3 is 9.72 Å². The summed E-state index contributed by atoms with van der Waals surface area (Å²) in [6, 6.07) is 0. The van der Waals surface area contributed by atoms with Gasteiger partial charge in [0.05, 0.1) is 18.6 Å². The average molecular weight is 286 g/mol. The Morgan fingerprint density at radius 3 is 2.79 bits per heavy atom. The fraction of sp³-hybridized carbons (Fsp3) is 0.400. The van der Waals surface area contributed by atoms with Crippen molar-refractivity contribution in [2.45, 2.75) is 19.0 Å². The van der Waals surface area contributed by atoms with Gasteiger partial charge in [-0.1, -0.05) is 11.8 Å². The summed E-state index contributed by atoms with van der Waals surface area (Å²) in [5.74, 6) is -1.18. The predicted molar refractivity (Wildman–Crippen MR) is 67.2 cm³/mol. The maximum atomic E-state index is 11.3. The van der Waals surface area contributed by atoms with Crippen LogP contribution in [0.25, 0.3) is 0 Å². The number of carbonyl (C=O) groups is 3. The molecule has 0 saturated carbocycles. The molecule has 19 heavy (non-hydrogen) atoms.